The van der Waals surface area contributed by atoms with Crippen LogP contribution in [0.25, 0.3) is 0 Å². The summed E-state index contributed by atoms with van der Waals surface area (Å²) in [7, 11) is 0. The Morgan fingerprint density at radius 2 is 2.50 bits per heavy atom. The Balaban J connectivity index is 2.07. The highest BCUT2D eigenvalue weighted by molar-refractivity contribution is 7.13. The summed E-state index contributed by atoms with van der Waals surface area (Å²) in [5, 5.41) is 5.43. The molecule has 1 heterocycles. The van der Waals surface area contributed by atoms with Gasteiger partial charge in [-0.1, -0.05) is 0 Å². The minimum atomic E-state index is -0.0494. The fourth-order valence-corrected chi connectivity index (χ4v) is 1.90. The van der Waals surface area contributed by atoms with Crippen molar-refractivity contribution in [3.8, 4) is 0 Å². The van der Waals surface area contributed by atoms with E-state index in [1.807, 2.05) is 5.38 Å². The molecule has 1 aromatic rings. The van der Waals surface area contributed by atoms with Crippen molar-refractivity contribution < 1.29 is 4.79 Å². The van der Waals surface area contributed by atoms with E-state index in [1.54, 1.807) is 0 Å². The van der Waals surface area contributed by atoms with E-state index in [9.17, 15) is 4.79 Å². The molecule has 1 N–H and O–H groups in total. The van der Waals surface area contributed by atoms with Crippen molar-refractivity contribution in [2.45, 2.75) is 25.7 Å². The van der Waals surface area contributed by atoms with Crippen LogP contribution in [-0.4, -0.2) is 10.9 Å². The van der Waals surface area contributed by atoms with E-state index in [0.29, 0.717) is 5.92 Å². The summed E-state index contributed by atoms with van der Waals surface area (Å²) in [6.07, 6.45) is 2.51. The van der Waals surface area contributed by atoms with Crippen molar-refractivity contribution in [2.75, 3.05) is 5.32 Å². The van der Waals surface area contributed by atoms with Gasteiger partial charge in [0, 0.05) is 18.2 Å². The topological polar surface area (TPSA) is 42.0 Å². The van der Waals surface area contributed by atoms with Crippen LogP contribution in [0, 0.1) is 0 Å². The van der Waals surface area contributed by atoms with Gasteiger partial charge >= 0.3 is 0 Å². The van der Waals surface area contributed by atoms with Crippen LogP contribution in [0.15, 0.2) is 5.38 Å². The molecule has 4 heteroatoms. The Kier molecular flexibility index (Phi) is 1.84. The van der Waals surface area contributed by atoms with Gasteiger partial charge in [-0.25, -0.2) is 4.98 Å². The van der Waals surface area contributed by atoms with Gasteiger partial charge in [0.25, 0.3) is 0 Å². The molecule has 1 aromatic heterocycles. The number of anilines is 1. The van der Waals surface area contributed by atoms with Crippen molar-refractivity contribution in [2.24, 2.45) is 0 Å². The molecule has 2 rings (SSSR count). The Morgan fingerprint density at radius 1 is 1.75 bits per heavy atom. The Morgan fingerprint density at radius 3 is 3.08 bits per heavy atom. The third-order valence-corrected chi connectivity index (χ3v) is 2.58. The number of rotatable bonds is 2. The molecule has 3 nitrogen and oxygen atoms in total. The molecular weight excluding hydrogens is 172 g/mol. The highest BCUT2D eigenvalue weighted by atomic mass is 32.1. The minimum Gasteiger partial charge on any atom is -0.302 e. The number of carbonyl (C=O) groups is 1. The zero-order valence-corrected chi connectivity index (χ0v) is 7.65. The Labute approximate surface area is 74.8 Å². The van der Waals surface area contributed by atoms with Crippen molar-refractivity contribution in [3.63, 3.8) is 0 Å². The second-order valence-corrected chi connectivity index (χ2v) is 3.89. The lowest BCUT2D eigenvalue weighted by molar-refractivity contribution is -0.114. The Hall–Kier alpha value is -0.900. The Bertz CT molecular complexity index is 304. The van der Waals surface area contributed by atoms with Gasteiger partial charge in [-0.3, -0.25) is 4.79 Å². The van der Waals surface area contributed by atoms with E-state index in [1.165, 1.54) is 31.1 Å². The summed E-state index contributed by atoms with van der Waals surface area (Å²) in [4.78, 5) is 15.0. The van der Waals surface area contributed by atoms with Gasteiger partial charge in [0.15, 0.2) is 5.13 Å². The number of hydrogen-bond donors (Lipinski definition) is 1. The maximum absolute atomic E-state index is 10.7. The predicted molar refractivity (Wildman–Crippen MR) is 48.4 cm³/mol. The zero-order chi connectivity index (χ0) is 8.55. The molecule has 0 saturated heterocycles. The molecular formula is C8H10N2OS. The number of nitrogens with zero attached hydrogens (tertiary/aromatic N) is 1. The molecule has 1 aliphatic rings. The molecule has 12 heavy (non-hydrogen) atoms. The molecule has 0 unspecified atom stereocenters. The number of hydrogen-bond acceptors (Lipinski definition) is 3. The first-order chi connectivity index (χ1) is 5.75. The first-order valence-electron chi connectivity index (χ1n) is 3.99. The number of aromatic nitrogens is 1. The van der Waals surface area contributed by atoms with Crippen LogP contribution in [-0.2, 0) is 4.79 Å². The highest BCUT2D eigenvalue weighted by Crippen LogP contribution is 2.40. The monoisotopic (exact) mass is 182 g/mol. The van der Waals surface area contributed by atoms with Crippen LogP contribution in [0.3, 0.4) is 0 Å². The molecule has 64 valence electrons. The summed E-state index contributed by atoms with van der Waals surface area (Å²) in [6.45, 7) is 1.50. The number of carbonyl (C=O) groups excluding carboxylic acids is 1. The predicted octanol–water partition coefficient (Wildman–Crippen LogP) is 1.98. The van der Waals surface area contributed by atoms with Gasteiger partial charge in [0.2, 0.25) is 5.91 Å². The lowest BCUT2D eigenvalue weighted by atomic mass is 10.3. The molecule has 0 aliphatic heterocycles. The molecule has 1 amide bonds. The summed E-state index contributed by atoms with van der Waals surface area (Å²) in [6, 6.07) is 0. The van der Waals surface area contributed by atoms with Gasteiger partial charge in [0.1, 0.15) is 0 Å². The van der Waals surface area contributed by atoms with Crippen LogP contribution in [0.2, 0.25) is 0 Å². The SMILES string of the molecule is CC(=O)Nc1nc(C2CC2)cs1. The van der Waals surface area contributed by atoms with E-state index in [0.717, 1.165) is 10.8 Å². The number of amides is 1. The van der Waals surface area contributed by atoms with Crippen molar-refractivity contribution in [3.05, 3.63) is 11.1 Å². The average molecular weight is 182 g/mol. The smallest absolute Gasteiger partial charge is 0.223 e. The molecule has 0 bridgehead atoms. The van der Waals surface area contributed by atoms with Gasteiger partial charge < -0.3 is 5.32 Å². The number of thiazole rings is 1. The van der Waals surface area contributed by atoms with E-state index in [2.05, 4.69) is 10.3 Å². The molecule has 0 atom stereocenters. The van der Waals surface area contributed by atoms with E-state index >= 15 is 0 Å². The largest absolute Gasteiger partial charge is 0.302 e. The molecule has 1 aliphatic carbocycles. The van der Waals surface area contributed by atoms with Crippen molar-refractivity contribution in [1.82, 2.24) is 4.98 Å². The molecule has 0 spiro atoms. The lowest BCUT2D eigenvalue weighted by Crippen LogP contribution is -2.05. The van der Waals surface area contributed by atoms with Crippen molar-refractivity contribution >= 4 is 22.4 Å². The minimum absolute atomic E-state index is 0.0494. The summed E-state index contributed by atoms with van der Waals surface area (Å²) in [5.41, 5.74) is 1.14. The summed E-state index contributed by atoms with van der Waals surface area (Å²) >= 11 is 1.50. The fraction of sp³-hybridized carbons (Fsp3) is 0.500. The average Bonchev–Trinajstić information content (AvgIpc) is 2.73. The first kappa shape index (κ1) is 7.73. The van der Waals surface area contributed by atoms with Crippen LogP contribution < -0.4 is 5.32 Å². The maximum atomic E-state index is 10.7. The second kappa shape index (κ2) is 2.86. The maximum Gasteiger partial charge on any atom is 0.223 e. The third-order valence-electron chi connectivity index (χ3n) is 1.80. The third kappa shape index (κ3) is 1.64. The highest BCUT2D eigenvalue weighted by Gasteiger charge is 2.25. The second-order valence-electron chi connectivity index (χ2n) is 3.03. The molecule has 1 saturated carbocycles. The molecule has 0 radical (unpaired) electrons. The zero-order valence-electron chi connectivity index (χ0n) is 6.83. The van der Waals surface area contributed by atoms with Crippen molar-refractivity contribution in [1.29, 1.82) is 0 Å². The van der Waals surface area contributed by atoms with E-state index < -0.39 is 0 Å². The van der Waals surface area contributed by atoms with Crippen LogP contribution >= 0.6 is 11.3 Å². The van der Waals surface area contributed by atoms with Crippen LogP contribution in [0.5, 0.6) is 0 Å². The standard InChI is InChI=1S/C8H10N2OS/c1-5(11)9-8-10-7(4-12-8)6-2-3-6/h4,6H,2-3H2,1H3,(H,9,10,11). The van der Waals surface area contributed by atoms with Crippen LogP contribution in [0.1, 0.15) is 31.4 Å². The van der Waals surface area contributed by atoms with E-state index in [4.69, 9.17) is 0 Å². The van der Waals surface area contributed by atoms with Crippen LogP contribution in [0.4, 0.5) is 5.13 Å². The van der Waals surface area contributed by atoms with Gasteiger partial charge in [-0.2, -0.15) is 0 Å². The summed E-state index contributed by atoms with van der Waals surface area (Å²) < 4.78 is 0. The fourth-order valence-electron chi connectivity index (χ4n) is 1.06. The van der Waals surface area contributed by atoms with E-state index in [-0.39, 0.29) is 5.91 Å². The van der Waals surface area contributed by atoms with Gasteiger partial charge in [-0.05, 0) is 12.8 Å². The molecule has 0 aromatic carbocycles. The first-order valence-corrected chi connectivity index (χ1v) is 4.86. The van der Waals surface area contributed by atoms with Gasteiger partial charge in [0.05, 0.1) is 5.69 Å². The normalized spacial score (nSPS) is 16.1. The quantitative estimate of drug-likeness (QED) is 0.759. The lowest BCUT2D eigenvalue weighted by Gasteiger charge is -1.92. The molecule has 1 fully saturated rings. The number of nitrogens with one attached hydrogen (secondary N) is 1. The summed E-state index contributed by atoms with van der Waals surface area (Å²) in [5.74, 6) is 0.621. The van der Waals surface area contributed by atoms with Gasteiger partial charge in [-0.15, -0.1) is 11.3 Å².